The topological polar surface area (TPSA) is 120 Å². The first-order chi connectivity index (χ1) is 12.8. The summed E-state index contributed by atoms with van der Waals surface area (Å²) in [6, 6.07) is 4.23. The molecule has 2 atom stereocenters. The summed E-state index contributed by atoms with van der Waals surface area (Å²) in [7, 11) is 0. The molecule has 0 radical (unpaired) electrons. The second-order valence-electron chi connectivity index (χ2n) is 7.19. The zero-order valence-electron chi connectivity index (χ0n) is 15.1. The zero-order valence-corrected chi connectivity index (χ0v) is 15.1. The molecule has 8 heteroatoms. The summed E-state index contributed by atoms with van der Waals surface area (Å²) in [6.45, 7) is 3.71. The lowest BCUT2D eigenvalue weighted by atomic mass is 9.87. The molecule has 1 aliphatic heterocycles. The van der Waals surface area contributed by atoms with Crippen LogP contribution >= 0.6 is 0 Å². The van der Waals surface area contributed by atoms with Gasteiger partial charge in [-0.3, -0.25) is 19.2 Å². The van der Waals surface area contributed by atoms with E-state index in [0.717, 1.165) is 0 Å². The molecule has 27 heavy (non-hydrogen) atoms. The van der Waals surface area contributed by atoms with Crippen LogP contribution in [0.15, 0.2) is 24.5 Å². The molecule has 2 heterocycles. The standard InChI is InChI=1S/C19H21N3O5/c1-10(2)7-15(23)17-14(5-6-16(24)25)22(19(27)18(17)26)11-3-4-12-13(8-11)21-9-20-12/h3-4,8-10,14,17H,5-7H2,1-2H3,(H,20,21)(H,24,25). The van der Waals surface area contributed by atoms with Crippen LogP contribution in [0.25, 0.3) is 11.0 Å². The molecule has 1 amide bonds. The fourth-order valence-corrected chi connectivity index (χ4v) is 3.57. The maximum absolute atomic E-state index is 12.7. The van der Waals surface area contributed by atoms with Gasteiger partial charge in [-0.05, 0) is 30.5 Å². The van der Waals surface area contributed by atoms with Gasteiger partial charge in [0, 0.05) is 18.5 Å². The summed E-state index contributed by atoms with van der Waals surface area (Å²) in [5, 5.41) is 9.06. The molecule has 1 aromatic carbocycles. The van der Waals surface area contributed by atoms with E-state index in [-0.39, 0.29) is 31.0 Å². The van der Waals surface area contributed by atoms with E-state index in [0.29, 0.717) is 16.7 Å². The molecule has 142 valence electrons. The van der Waals surface area contributed by atoms with Crippen LogP contribution in [0, 0.1) is 11.8 Å². The number of fused-ring (bicyclic) bond motifs is 1. The summed E-state index contributed by atoms with van der Waals surface area (Å²) in [5.74, 6) is -3.98. The van der Waals surface area contributed by atoms with Crippen LogP contribution in [-0.2, 0) is 19.2 Å². The first-order valence-electron chi connectivity index (χ1n) is 8.84. The number of hydrogen-bond donors (Lipinski definition) is 2. The Morgan fingerprint density at radius 3 is 2.70 bits per heavy atom. The van der Waals surface area contributed by atoms with Crippen molar-refractivity contribution < 1.29 is 24.3 Å². The Morgan fingerprint density at radius 2 is 2.04 bits per heavy atom. The fourth-order valence-electron chi connectivity index (χ4n) is 3.57. The Hall–Kier alpha value is -3.03. The smallest absolute Gasteiger partial charge is 0.303 e. The van der Waals surface area contributed by atoms with Crippen molar-refractivity contribution in [2.24, 2.45) is 11.8 Å². The summed E-state index contributed by atoms with van der Waals surface area (Å²) in [5.41, 5.74) is 1.83. The molecule has 2 unspecified atom stereocenters. The number of amides is 1. The van der Waals surface area contributed by atoms with Crippen LogP contribution in [0.3, 0.4) is 0 Å². The quantitative estimate of drug-likeness (QED) is 0.567. The predicted octanol–water partition coefficient (Wildman–Crippen LogP) is 1.94. The van der Waals surface area contributed by atoms with E-state index < -0.39 is 29.6 Å². The largest absolute Gasteiger partial charge is 0.481 e. The SMILES string of the molecule is CC(C)CC(=O)C1C(=O)C(=O)N(c2ccc3nc[nH]c3c2)C1CCC(=O)O. The van der Waals surface area contributed by atoms with Gasteiger partial charge in [-0.2, -0.15) is 0 Å². The lowest BCUT2D eigenvalue weighted by molar-refractivity contribution is -0.140. The number of H-pyrrole nitrogens is 1. The minimum Gasteiger partial charge on any atom is -0.481 e. The Balaban J connectivity index is 2.00. The summed E-state index contributed by atoms with van der Waals surface area (Å²) >= 11 is 0. The third-order valence-corrected chi connectivity index (χ3v) is 4.72. The number of imidazole rings is 1. The molecule has 2 aromatic rings. The zero-order chi connectivity index (χ0) is 19.7. The van der Waals surface area contributed by atoms with Crippen molar-refractivity contribution in [2.75, 3.05) is 4.90 Å². The molecule has 0 saturated carbocycles. The van der Waals surface area contributed by atoms with Crippen molar-refractivity contribution in [3.8, 4) is 0 Å². The number of carboxylic acids is 1. The van der Waals surface area contributed by atoms with E-state index in [2.05, 4.69) is 9.97 Å². The molecule has 2 N–H and O–H groups in total. The number of Topliss-reactive ketones (excluding diaryl/α,β-unsaturated/α-hetero) is 2. The number of benzene rings is 1. The van der Waals surface area contributed by atoms with E-state index in [9.17, 15) is 19.2 Å². The van der Waals surface area contributed by atoms with E-state index in [4.69, 9.17) is 5.11 Å². The number of ketones is 2. The summed E-state index contributed by atoms with van der Waals surface area (Å²) in [4.78, 5) is 57.3. The number of carboxylic acid groups (broad SMARTS) is 1. The number of carbonyl (C=O) groups excluding carboxylic acids is 3. The van der Waals surface area contributed by atoms with Crippen LogP contribution in [0.2, 0.25) is 0 Å². The highest BCUT2D eigenvalue weighted by molar-refractivity contribution is 6.48. The van der Waals surface area contributed by atoms with Crippen molar-refractivity contribution in [3.05, 3.63) is 24.5 Å². The molecular weight excluding hydrogens is 350 g/mol. The predicted molar refractivity (Wildman–Crippen MR) is 97.2 cm³/mol. The van der Waals surface area contributed by atoms with Gasteiger partial charge in [0.15, 0.2) is 0 Å². The highest BCUT2D eigenvalue weighted by Crippen LogP contribution is 2.34. The Morgan fingerprint density at radius 1 is 1.30 bits per heavy atom. The van der Waals surface area contributed by atoms with E-state index in [1.807, 2.05) is 13.8 Å². The molecule has 1 aliphatic rings. The third kappa shape index (κ3) is 3.60. The molecule has 0 spiro atoms. The van der Waals surface area contributed by atoms with Gasteiger partial charge < -0.3 is 15.0 Å². The molecular formula is C19H21N3O5. The van der Waals surface area contributed by atoms with Gasteiger partial charge in [-0.25, -0.2) is 4.98 Å². The maximum Gasteiger partial charge on any atom is 0.303 e. The minimum absolute atomic E-state index is 0.0301. The van der Waals surface area contributed by atoms with Crippen molar-refractivity contribution in [3.63, 3.8) is 0 Å². The number of nitrogens with zero attached hydrogens (tertiary/aromatic N) is 2. The van der Waals surface area contributed by atoms with Gasteiger partial charge >= 0.3 is 5.97 Å². The second-order valence-corrected chi connectivity index (χ2v) is 7.19. The van der Waals surface area contributed by atoms with E-state index in [1.165, 1.54) is 11.2 Å². The van der Waals surface area contributed by atoms with Crippen LogP contribution in [0.4, 0.5) is 5.69 Å². The number of rotatable bonds is 7. The highest BCUT2D eigenvalue weighted by atomic mass is 16.4. The average Bonchev–Trinajstić information content (AvgIpc) is 3.15. The minimum atomic E-state index is -1.13. The highest BCUT2D eigenvalue weighted by Gasteiger charge is 2.51. The second kappa shape index (κ2) is 7.30. The number of nitrogens with one attached hydrogen (secondary N) is 1. The molecule has 3 rings (SSSR count). The van der Waals surface area contributed by atoms with Crippen molar-refractivity contribution in [1.29, 1.82) is 0 Å². The number of carbonyl (C=O) groups is 4. The Labute approximate surface area is 155 Å². The van der Waals surface area contributed by atoms with Gasteiger partial charge in [0.25, 0.3) is 5.91 Å². The number of aromatic nitrogens is 2. The van der Waals surface area contributed by atoms with Gasteiger partial charge in [0.2, 0.25) is 5.78 Å². The van der Waals surface area contributed by atoms with Gasteiger partial charge in [0.05, 0.1) is 23.4 Å². The van der Waals surface area contributed by atoms with Crippen molar-refractivity contribution >= 4 is 40.2 Å². The first-order valence-corrected chi connectivity index (χ1v) is 8.84. The van der Waals surface area contributed by atoms with Crippen molar-refractivity contribution in [1.82, 2.24) is 9.97 Å². The average molecular weight is 371 g/mol. The third-order valence-electron chi connectivity index (χ3n) is 4.72. The van der Waals surface area contributed by atoms with Crippen LogP contribution in [-0.4, -0.2) is 44.6 Å². The monoisotopic (exact) mass is 371 g/mol. The number of anilines is 1. The summed E-state index contributed by atoms with van der Waals surface area (Å²) in [6.07, 6.45) is 1.48. The molecule has 0 bridgehead atoms. The van der Waals surface area contributed by atoms with E-state index >= 15 is 0 Å². The van der Waals surface area contributed by atoms with Gasteiger partial charge in [-0.15, -0.1) is 0 Å². The Kier molecular flexibility index (Phi) is 5.07. The normalized spacial score (nSPS) is 20.0. The summed E-state index contributed by atoms with van der Waals surface area (Å²) < 4.78 is 0. The fraction of sp³-hybridized carbons (Fsp3) is 0.421. The number of hydrogen-bond acceptors (Lipinski definition) is 5. The number of aliphatic carboxylic acids is 1. The van der Waals surface area contributed by atoms with Crippen molar-refractivity contribution in [2.45, 2.75) is 39.2 Å². The molecule has 1 aromatic heterocycles. The molecule has 0 aliphatic carbocycles. The number of aromatic amines is 1. The lowest BCUT2D eigenvalue weighted by Crippen LogP contribution is -2.38. The maximum atomic E-state index is 12.7. The van der Waals surface area contributed by atoms with Crippen LogP contribution < -0.4 is 4.90 Å². The molecule has 1 fully saturated rings. The first kappa shape index (κ1) is 18.8. The van der Waals surface area contributed by atoms with Crippen LogP contribution in [0.5, 0.6) is 0 Å². The lowest BCUT2D eigenvalue weighted by Gasteiger charge is -2.26. The molecule has 1 saturated heterocycles. The molecule has 8 nitrogen and oxygen atoms in total. The van der Waals surface area contributed by atoms with E-state index in [1.54, 1.807) is 18.2 Å². The Bertz CT molecular complexity index is 917. The van der Waals surface area contributed by atoms with Gasteiger partial charge in [-0.1, -0.05) is 13.8 Å². The van der Waals surface area contributed by atoms with Gasteiger partial charge in [0.1, 0.15) is 11.7 Å². The van der Waals surface area contributed by atoms with Crippen LogP contribution in [0.1, 0.15) is 33.1 Å².